The van der Waals surface area contributed by atoms with Crippen LogP contribution in [0.1, 0.15) is 103 Å². The van der Waals surface area contributed by atoms with E-state index in [1.807, 2.05) is 52.8 Å². The molecule has 0 bridgehead atoms. The first kappa shape index (κ1) is 29.7. The third-order valence-corrected chi connectivity index (χ3v) is 6.71. The van der Waals surface area contributed by atoms with Crippen LogP contribution in [0.4, 0.5) is 4.79 Å². The average molecular weight is 502 g/mol. The fourth-order valence-electron chi connectivity index (χ4n) is 4.45. The molecule has 1 saturated carbocycles. The van der Waals surface area contributed by atoms with Gasteiger partial charge in [-0.2, -0.15) is 0 Å². The highest BCUT2D eigenvalue weighted by molar-refractivity contribution is 5.93. The Labute approximate surface area is 217 Å². The Kier molecular flexibility index (Phi) is 10.4. The van der Waals surface area contributed by atoms with Gasteiger partial charge in [-0.05, 0) is 77.8 Å². The maximum absolute atomic E-state index is 14.2. The summed E-state index contributed by atoms with van der Waals surface area (Å²) in [6, 6.07) is 4.42. The quantitative estimate of drug-likeness (QED) is 0.414. The van der Waals surface area contributed by atoms with Crippen LogP contribution >= 0.6 is 0 Å². The molecule has 2 rings (SSSR count). The summed E-state index contributed by atoms with van der Waals surface area (Å²) >= 11 is 0. The molecule has 0 aliphatic heterocycles. The number of benzene rings is 1. The van der Waals surface area contributed by atoms with E-state index in [1.165, 1.54) is 0 Å². The van der Waals surface area contributed by atoms with Gasteiger partial charge in [-0.3, -0.25) is 9.59 Å². The Morgan fingerprint density at radius 2 is 1.72 bits per heavy atom. The minimum absolute atomic E-state index is 0.00322. The number of ether oxygens (including phenoxy) is 1. The van der Waals surface area contributed by atoms with Gasteiger partial charge in [0.15, 0.2) is 0 Å². The Balaban J connectivity index is 2.52. The van der Waals surface area contributed by atoms with Crippen LogP contribution < -0.4 is 10.6 Å². The maximum Gasteiger partial charge on any atom is 0.408 e. The molecule has 0 spiro atoms. The zero-order valence-corrected chi connectivity index (χ0v) is 23.7. The minimum Gasteiger partial charge on any atom is -0.444 e. The van der Waals surface area contributed by atoms with Gasteiger partial charge in [0.2, 0.25) is 11.8 Å². The third-order valence-electron chi connectivity index (χ3n) is 6.71. The number of amides is 3. The lowest BCUT2D eigenvalue weighted by Gasteiger charge is -2.37. The van der Waals surface area contributed by atoms with Crippen molar-refractivity contribution in [2.24, 2.45) is 5.92 Å². The van der Waals surface area contributed by atoms with Gasteiger partial charge in [-0.15, -0.1) is 0 Å². The molecule has 36 heavy (non-hydrogen) atoms. The second kappa shape index (κ2) is 12.6. The van der Waals surface area contributed by atoms with Crippen LogP contribution in [0.25, 0.3) is 0 Å². The molecule has 1 aromatic carbocycles. The predicted octanol–water partition coefficient (Wildman–Crippen LogP) is 5.58. The largest absolute Gasteiger partial charge is 0.444 e. The van der Waals surface area contributed by atoms with E-state index in [0.29, 0.717) is 6.42 Å². The summed E-state index contributed by atoms with van der Waals surface area (Å²) in [7, 11) is 0. The lowest BCUT2D eigenvalue weighted by molar-refractivity contribution is -0.144. The molecule has 4 unspecified atom stereocenters. The van der Waals surface area contributed by atoms with Gasteiger partial charge in [0.25, 0.3) is 0 Å². The standard InChI is InChI=1S/C29H47N3O4/c1-10-12-21(6)30-26(33)25(23-17-18(3)13-14-20(23)5)32(22-15-16-22)27(34)24(19(4)11-2)31-28(35)36-29(7,8)9/h13-14,17,19,21-22,24-25H,10-12,15-16H2,1-9H3,(H,30,33)(H,31,35). The van der Waals surface area contributed by atoms with E-state index in [0.717, 1.165) is 42.4 Å². The first-order valence-corrected chi connectivity index (χ1v) is 13.5. The highest BCUT2D eigenvalue weighted by atomic mass is 16.6. The summed E-state index contributed by atoms with van der Waals surface area (Å²) in [5.74, 6) is -0.542. The number of aryl methyl sites for hydroxylation is 2. The summed E-state index contributed by atoms with van der Waals surface area (Å²) in [6.45, 7) is 17.4. The first-order chi connectivity index (χ1) is 16.8. The number of carbonyl (C=O) groups is 3. The molecule has 1 fully saturated rings. The Morgan fingerprint density at radius 3 is 2.25 bits per heavy atom. The molecule has 0 aromatic heterocycles. The first-order valence-electron chi connectivity index (χ1n) is 13.5. The van der Waals surface area contributed by atoms with E-state index in [1.54, 1.807) is 25.7 Å². The fourth-order valence-corrected chi connectivity index (χ4v) is 4.45. The molecule has 0 saturated heterocycles. The van der Waals surface area contributed by atoms with Crippen molar-refractivity contribution in [3.05, 3.63) is 34.9 Å². The van der Waals surface area contributed by atoms with Crippen molar-refractivity contribution in [3.8, 4) is 0 Å². The molecule has 1 aliphatic carbocycles. The van der Waals surface area contributed by atoms with E-state index >= 15 is 0 Å². The van der Waals surface area contributed by atoms with Gasteiger partial charge in [0.1, 0.15) is 17.7 Å². The van der Waals surface area contributed by atoms with E-state index in [4.69, 9.17) is 4.74 Å². The number of nitrogens with zero attached hydrogens (tertiary/aromatic N) is 1. The lowest BCUT2D eigenvalue weighted by atomic mass is 9.93. The maximum atomic E-state index is 14.2. The predicted molar refractivity (Wildman–Crippen MR) is 144 cm³/mol. The van der Waals surface area contributed by atoms with Crippen LogP contribution in [0.3, 0.4) is 0 Å². The molecule has 0 heterocycles. The molecule has 1 aromatic rings. The zero-order valence-electron chi connectivity index (χ0n) is 23.7. The molecule has 4 atom stereocenters. The number of hydrogen-bond donors (Lipinski definition) is 2. The second-order valence-corrected chi connectivity index (χ2v) is 11.4. The van der Waals surface area contributed by atoms with Crippen LogP contribution in [0.2, 0.25) is 0 Å². The second-order valence-electron chi connectivity index (χ2n) is 11.4. The molecule has 3 amide bonds. The normalized spacial score (nSPS) is 16.9. The molecular weight excluding hydrogens is 454 g/mol. The fraction of sp³-hybridized carbons (Fsp3) is 0.690. The van der Waals surface area contributed by atoms with E-state index in [9.17, 15) is 14.4 Å². The summed E-state index contributed by atoms with van der Waals surface area (Å²) in [5.41, 5.74) is 2.14. The van der Waals surface area contributed by atoms with Crippen molar-refractivity contribution in [1.82, 2.24) is 15.5 Å². The minimum atomic E-state index is -0.793. The Morgan fingerprint density at radius 1 is 1.08 bits per heavy atom. The highest BCUT2D eigenvalue weighted by Crippen LogP contribution is 2.37. The third kappa shape index (κ3) is 8.24. The number of hydrogen-bond acceptors (Lipinski definition) is 4. The molecule has 202 valence electrons. The van der Waals surface area contributed by atoms with Crippen LogP contribution in [0.15, 0.2) is 18.2 Å². The van der Waals surface area contributed by atoms with E-state index in [-0.39, 0.29) is 29.8 Å². The topological polar surface area (TPSA) is 87.7 Å². The highest BCUT2D eigenvalue weighted by Gasteiger charge is 2.45. The molecule has 7 heteroatoms. The molecule has 0 radical (unpaired) electrons. The van der Waals surface area contributed by atoms with Gasteiger partial charge in [0.05, 0.1) is 0 Å². The molecule has 1 aliphatic rings. The van der Waals surface area contributed by atoms with E-state index in [2.05, 4.69) is 17.6 Å². The van der Waals surface area contributed by atoms with Crippen molar-refractivity contribution in [2.75, 3.05) is 0 Å². The number of nitrogens with one attached hydrogen (secondary N) is 2. The summed E-state index contributed by atoms with van der Waals surface area (Å²) in [4.78, 5) is 42.5. The van der Waals surface area contributed by atoms with Crippen molar-refractivity contribution < 1.29 is 19.1 Å². The van der Waals surface area contributed by atoms with Crippen LogP contribution in [0, 0.1) is 19.8 Å². The monoisotopic (exact) mass is 501 g/mol. The van der Waals surface area contributed by atoms with Gasteiger partial charge in [-0.25, -0.2) is 4.79 Å². The molecular formula is C29H47N3O4. The van der Waals surface area contributed by atoms with Crippen LogP contribution in [0.5, 0.6) is 0 Å². The summed E-state index contributed by atoms with van der Waals surface area (Å²) in [5, 5.41) is 5.99. The Bertz CT molecular complexity index is 920. The van der Waals surface area contributed by atoms with Gasteiger partial charge >= 0.3 is 6.09 Å². The van der Waals surface area contributed by atoms with E-state index < -0.39 is 23.8 Å². The summed E-state index contributed by atoms with van der Waals surface area (Å²) in [6.07, 6.45) is 3.56. The Hall–Kier alpha value is -2.57. The number of alkyl carbamates (subject to hydrolysis) is 1. The van der Waals surface area contributed by atoms with Crippen molar-refractivity contribution in [2.45, 2.75) is 124 Å². The van der Waals surface area contributed by atoms with Gasteiger partial charge < -0.3 is 20.3 Å². The smallest absolute Gasteiger partial charge is 0.408 e. The lowest BCUT2D eigenvalue weighted by Crippen LogP contribution is -2.56. The SMILES string of the molecule is CCCC(C)NC(=O)C(c1cc(C)ccc1C)N(C(=O)C(NC(=O)OC(C)(C)C)C(C)CC)C1CC1. The van der Waals surface area contributed by atoms with Crippen LogP contribution in [-0.2, 0) is 14.3 Å². The number of rotatable bonds is 11. The van der Waals surface area contributed by atoms with Crippen LogP contribution in [-0.4, -0.2) is 46.5 Å². The van der Waals surface area contributed by atoms with Crippen molar-refractivity contribution in [1.29, 1.82) is 0 Å². The van der Waals surface area contributed by atoms with Crippen molar-refractivity contribution in [3.63, 3.8) is 0 Å². The molecule has 2 N–H and O–H groups in total. The summed E-state index contributed by atoms with van der Waals surface area (Å²) < 4.78 is 5.48. The van der Waals surface area contributed by atoms with Gasteiger partial charge in [0, 0.05) is 12.1 Å². The average Bonchev–Trinajstić information content (AvgIpc) is 3.60. The van der Waals surface area contributed by atoms with Gasteiger partial charge in [-0.1, -0.05) is 57.4 Å². The zero-order chi connectivity index (χ0) is 27.2. The number of carbonyl (C=O) groups excluding carboxylic acids is 3. The molecule has 7 nitrogen and oxygen atoms in total. The van der Waals surface area contributed by atoms with Crippen molar-refractivity contribution >= 4 is 17.9 Å².